The van der Waals surface area contributed by atoms with Crippen molar-refractivity contribution >= 4 is 132 Å². The first-order valence-electron chi connectivity index (χ1n) is 23.1. The minimum Gasteiger partial charge on any atom is -0.354 e. The van der Waals surface area contributed by atoms with Crippen LogP contribution in [0.4, 0.5) is 0 Å². The molecule has 17 rings (SSSR count). The summed E-state index contributed by atoms with van der Waals surface area (Å²) in [7, 11) is 0. The van der Waals surface area contributed by atoms with Gasteiger partial charge in [-0.05, 0) is 91.6 Å². The van der Waals surface area contributed by atoms with Gasteiger partial charge in [0.2, 0.25) is 0 Å². The molecule has 8 bridgehead atoms. The van der Waals surface area contributed by atoms with E-state index in [1.165, 1.54) is 0 Å². The van der Waals surface area contributed by atoms with Gasteiger partial charge >= 0.3 is 16.8 Å². The van der Waals surface area contributed by atoms with Gasteiger partial charge in [0, 0.05) is 22.6 Å². The van der Waals surface area contributed by atoms with Crippen LogP contribution in [0.15, 0.2) is 146 Å². The Morgan fingerprint density at radius 1 is 0.219 bits per heavy atom. The summed E-state index contributed by atoms with van der Waals surface area (Å²) < 4.78 is 0. The van der Waals surface area contributed by atoms with Crippen LogP contribution in [0.2, 0.25) is 0 Å². The Morgan fingerprint density at radius 3 is 0.616 bits per heavy atom. The molecule has 8 aromatic carbocycles. The van der Waals surface area contributed by atoms with Crippen molar-refractivity contribution in [1.82, 2.24) is 79.7 Å². The van der Waals surface area contributed by atoms with Crippen LogP contribution in [0.1, 0.15) is 0 Å². The Kier molecular flexibility index (Phi) is 7.94. The molecule has 9 heterocycles. The Hall–Kier alpha value is -9.97. The van der Waals surface area contributed by atoms with Crippen LogP contribution in [-0.4, -0.2) is 69.8 Å². The first kappa shape index (κ1) is 39.8. The van der Waals surface area contributed by atoms with E-state index in [0.29, 0.717) is 89.0 Å². The Balaban J connectivity index is 0.00000456. The topological polar surface area (TPSA) is 209 Å². The van der Waals surface area contributed by atoms with Gasteiger partial charge in [0.05, 0.1) is 44.1 Å². The fraction of sp³-hybridized carbons (Fsp3) is 0. The Morgan fingerprint density at radius 2 is 0.411 bits per heavy atom. The van der Waals surface area contributed by atoms with Gasteiger partial charge in [-0.15, -0.1) is 0 Å². The van der Waals surface area contributed by atoms with E-state index in [-0.39, 0.29) is 62.7 Å². The van der Waals surface area contributed by atoms with Crippen molar-refractivity contribution in [2.45, 2.75) is 0 Å². The predicted molar refractivity (Wildman–Crippen MR) is 276 cm³/mol. The quantitative estimate of drug-likeness (QED) is 0.129. The molecule has 17 heteroatoms. The number of benzene rings is 8. The van der Waals surface area contributed by atoms with E-state index in [0.717, 1.165) is 43.1 Å². The molecule has 0 atom stereocenters. The Labute approximate surface area is 418 Å². The molecule has 0 saturated carbocycles. The third-order valence-electron chi connectivity index (χ3n) is 13.5. The number of aromatic nitrogens is 16. The summed E-state index contributed by atoms with van der Waals surface area (Å²) in [5.41, 5.74) is 9.37. The van der Waals surface area contributed by atoms with Crippen molar-refractivity contribution < 1.29 is 16.8 Å². The largest absolute Gasteiger partial charge is 2.00 e. The van der Waals surface area contributed by atoms with E-state index in [1.54, 1.807) is 0 Å². The minimum absolute atomic E-state index is 0. The van der Waals surface area contributed by atoms with E-state index in [1.807, 2.05) is 146 Å². The maximum atomic E-state index is 5.19. The number of hydrogen-bond donors (Lipinski definition) is 0. The standard InChI is InChI=1S/C56H24N16.Co/c1-2-10-26-18-34-33(17-25(26)9-1)57-41-42(58-34)50-65-49(41)69-51-43-44(60-36-20-28-12-4-3-11-27(28)19-35(36)59-43)53(66-51)71-55-47-48(64-40-24-32-16-8-7-15-31(32)23-39(40)63-47)56(68-55)72-54-46-45(52(67-54)70-50)61-37-21-29-13-5-6-14-30(29)22-38(37)62-46;/h1-24H;/q-2;+2. The molecule has 73 heavy (non-hydrogen) atoms. The molecule has 0 fully saturated rings. The van der Waals surface area contributed by atoms with Crippen LogP contribution < -0.4 is 9.97 Å². The molecule has 2 aliphatic rings. The molecule has 0 unspecified atom stereocenters. The van der Waals surface area contributed by atoms with Crippen molar-refractivity contribution in [3.63, 3.8) is 0 Å². The van der Waals surface area contributed by atoms with Crippen LogP contribution in [0.25, 0.3) is 178 Å². The van der Waals surface area contributed by atoms with Gasteiger partial charge in [0.15, 0.2) is 0 Å². The smallest absolute Gasteiger partial charge is 0.354 e. The first-order chi connectivity index (χ1) is 35.5. The van der Waals surface area contributed by atoms with Gasteiger partial charge in [0.25, 0.3) is 0 Å². The number of hydrogen-bond acceptors (Lipinski definition) is 14. The molecule has 7 aromatic heterocycles. The molecule has 0 aliphatic carbocycles. The molecule has 0 saturated heterocycles. The van der Waals surface area contributed by atoms with Gasteiger partial charge in [-0.3, -0.25) is 0 Å². The molecule has 0 amide bonds. The van der Waals surface area contributed by atoms with E-state index in [9.17, 15) is 0 Å². The zero-order valence-electron chi connectivity index (χ0n) is 37.3. The molecule has 337 valence electrons. The fourth-order valence-electron chi connectivity index (χ4n) is 10.1. The molecule has 0 N–H and O–H groups in total. The second kappa shape index (κ2) is 14.5. The van der Waals surface area contributed by atoms with Gasteiger partial charge < -0.3 is 29.9 Å². The fourth-order valence-corrected chi connectivity index (χ4v) is 10.1. The van der Waals surface area contributed by atoms with Gasteiger partial charge in [-0.25, -0.2) is 49.8 Å². The second-order valence-electron chi connectivity index (χ2n) is 17.9. The van der Waals surface area contributed by atoms with Gasteiger partial charge in [-0.1, -0.05) is 97.1 Å². The van der Waals surface area contributed by atoms with Crippen molar-refractivity contribution in [2.75, 3.05) is 0 Å². The predicted octanol–water partition coefficient (Wildman–Crippen LogP) is 10.5. The summed E-state index contributed by atoms with van der Waals surface area (Å²) in [6.07, 6.45) is 0. The van der Waals surface area contributed by atoms with Gasteiger partial charge in [-0.2, -0.15) is 0 Å². The monoisotopic (exact) mass is 979 g/mol. The van der Waals surface area contributed by atoms with Crippen LogP contribution in [-0.2, 0) is 16.8 Å². The van der Waals surface area contributed by atoms with E-state index in [4.69, 9.17) is 79.7 Å². The van der Waals surface area contributed by atoms with Crippen LogP contribution in [0.5, 0.6) is 0 Å². The van der Waals surface area contributed by atoms with Crippen molar-refractivity contribution in [2.24, 2.45) is 0 Å². The zero-order chi connectivity index (χ0) is 46.8. The second-order valence-corrected chi connectivity index (χ2v) is 17.9. The normalized spacial score (nSPS) is 12.3. The van der Waals surface area contributed by atoms with Gasteiger partial charge in [0.1, 0.15) is 68.1 Å². The zero-order valence-corrected chi connectivity index (χ0v) is 38.4. The molecule has 16 nitrogen and oxygen atoms in total. The summed E-state index contributed by atoms with van der Waals surface area (Å²) >= 11 is 0. The molecule has 1 radical (unpaired) electrons. The molecular formula is C56H24CoN16. The Bertz CT molecular complexity index is 4570. The van der Waals surface area contributed by atoms with Crippen LogP contribution in [0, 0.1) is 0 Å². The molecular weight excluding hydrogens is 956 g/mol. The number of fused-ring (bicyclic) bond motifs is 28. The summed E-state index contributed by atoms with van der Waals surface area (Å²) in [6.45, 7) is 0. The average molecular weight is 980 g/mol. The molecule has 15 aromatic rings. The van der Waals surface area contributed by atoms with Crippen LogP contribution in [0.3, 0.4) is 0 Å². The SMILES string of the molecule is [Co+2].c1ccc2cc3nc4c(nc3cc2c1)-c1nc-4nc2[n-]c(nc3nc(nc4[n-]c(n1)c1nc5cc6ccccc6cc5nc41)-c1nc4cc5ccccc5cc4nc1-3)c1nc3cc4ccccc4cc3nc21. The van der Waals surface area contributed by atoms with Crippen molar-refractivity contribution in [3.8, 4) is 46.1 Å². The molecule has 2 aliphatic heterocycles. The summed E-state index contributed by atoms with van der Waals surface area (Å²) in [5, 5.41) is 8.12. The van der Waals surface area contributed by atoms with E-state index < -0.39 is 0 Å². The first-order valence-corrected chi connectivity index (χ1v) is 23.1. The third-order valence-corrected chi connectivity index (χ3v) is 13.5. The summed E-state index contributed by atoms with van der Waals surface area (Å²) in [5.74, 6) is 0.879. The van der Waals surface area contributed by atoms with Crippen LogP contribution >= 0.6 is 0 Å². The third kappa shape index (κ3) is 5.94. The van der Waals surface area contributed by atoms with Crippen molar-refractivity contribution in [1.29, 1.82) is 0 Å². The number of rotatable bonds is 0. The summed E-state index contributed by atoms with van der Waals surface area (Å²) in [6, 6.07) is 48.5. The average Bonchev–Trinajstić information content (AvgIpc) is 4.12. The maximum Gasteiger partial charge on any atom is 2.00 e. The number of nitrogens with zero attached hydrogens (tertiary/aromatic N) is 16. The van der Waals surface area contributed by atoms with E-state index in [2.05, 4.69) is 0 Å². The maximum absolute atomic E-state index is 5.19. The molecule has 0 spiro atoms. The minimum atomic E-state index is 0. The van der Waals surface area contributed by atoms with Crippen molar-refractivity contribution in [3.05, 3.63) is 146 Å². The van der Waals surface area contributed by atoms with E-state index >= 15 is 0 Å². The summed E-state index contributed by atoms with van der Waals surface area (Å²) in [4.78, 5) is 82.5.